The summed E-state index contributed by atoms with van der Waals surface area (Å²) in [5.74, 6) is 0.920. The van der Waals surface area contributed by atoms with Crippen molar-refractivity contribution >= 4 is 17.7 Å². The molecule has 0 spiro atoms. The number of rotatable bonds is 10. The van der Waals surface area contributed by atoms with E-state index >= 15 is 0 Å². The van der Waals surface area contributed by atoms with Gasteiger partial charge in [0.25, 0.3) is 0 Å². The Labute approximate surface area is 184 Å². The molecule has 9 heteroatoms. The van der Waals surface area contributed by atoms with Gasteiger partial charge in [0.1, 0.15) is 5.75 Å². The van der Waals surface area contributed by atoms with Crippen LogP contribution in [0.4, 0.5) is 8.78 Å². The lowest BCUT2D eigenvalue weighted by Gasteiger charge is -2.10. The van der Waals surface area contributed by atoms with Gasteiger partial charge in [0.15, 0.2) is 11.0 Å². The number of aryl methyl sites for hydroxylation is 1. The van der Waals surface area contributed by atoms with Gasteiger partial charge in [0, 0.05) is 18.7 Å². The monoisotopic (exact) mass is 446 g/mol. The first-order chi connectivity index (χ1) is 15.0. The van der Waals surface area contributed by atoms with Crippen LogP contribution < -0.4 is 10.1 Å². The molecule has 0 aliphatic rings. The highest BCUT2D eigenvalue weighted by Gasteiger charge is 2.15. The number of aromatic nitrogens is 3. The molecule has 0 aliphatic heterocycles. The molecule has 31 heavy (non-hydrogen) atoms. The van der Waals surface area contributed by atoms with Gasteiger partial charge in [-0.15, -0.1) is 10.2 Å². The van der Waals surface area contributed by atoms with Gasteiger partial charge in [-0.3, -0.25) is 4.79 Å². The predicted octanol–water partition coefficient (Wildman–Crippen LogP) is 4.67. The lowest BCUT2D eigenvalue weighted by Crippen LogP contribution is -2.24. The molecule has 3 aromatic rings. The van der Waals surface area contributed by atoms with Gasteiger partial charge in [-0.25, -0.2) is 0 Å². The summed E-state index contributed by atoms with van der Waals surface area (Å²) in [4.78, 5) is 12.3. The molecule has 0 unspecified atom stereocenters. The smallest absolute Gasteiger partial charge is 0.387 e. The van der Waals surface area contributed by atoms with Gasteiger partial charge in [-0.05, 0) is 37.1 Å². The number of carbonyl (C=O) groups is 1. The van der Waals surface area contributed by atoms with Crippen LogP contribution in [0.1, 0.15) is 24.5 Å². The summed E-state index contributed by atoms with van der Waals surface area (Å²) in [6.07, 6.45) is 0.919. The molecule has 3 rings (SSSR count). The average Bonchev–Trinajstić information content (AvgIpc) is 3.14. The zero-order chi connectivity index (χ0) is 22.2. The van der Waals surface area contributed by atoms with Crippen molar-refractivity contribution in [1.29, 1.82) is 0 Å². The number of nitrogens with one attached hydrogen (secondary N) is 1. The van der Waals surface area contributed by atoms with Crippen molar-refractivity contribution in [3.63, 3.8) is 0 Å². The van der Waals surface area contributed by atoms with Crippen molar-refractivity contribution in [3.05, 3.63) is 59.7 Å². The van der Waals surface area contributed by atoms with E-state index < -0.39 is 6.61 Å². The largest absolute Gasteiger partial charge is 0.435 e. The van der Waals surface area contributed by atoms with Crippen molar-refractivity contribution in [2.75, 3.05) is 5.75 Å². The third kappa shape index (κ3) is 6.52. The molecule has 0 aliphatic carbocycles. The average molecular weight is 447 g/mol. The van der Waals surface area contributed by atoms with E-state index in [4.69, 9.17) is 0 Å². The Balaban J connectivity index is 1.57. The Hall–Kier alpha value is -2.94. The van der Waals surface area contributed by atoms with Gasteiger partial charge >= 0.3 is 6.61 Å². The van der Waals surface area contributed by atoms with E-state index in [0.717, 1.165) is 35.5 Å². The molecule has 0 bridgehead atoms. The summed E-state index contributed by atoms with van der Waals surface area (Å²) in [7, 11) is 0. The summed E-state index contributed by atoms with van der Waals surface area (Å²) >= 11 is 1.33. The highest BCUT2D eigenvalue weighted by atomic mass is 32.2. The Bertz CT molecular complexity index is 1010. The standard InChI is InChI=1S/C22H24F2N4O2S/c1-3-11-28-20(17-6-4-5-15(2)12-17)26-27-22(28)31-14-19(29)25-13-16-7-9-18(10-8-16)30-21(23)24/h4-10,12,21H,3,11,13-14H2,1-2H3,(H,25,29). The predicted molar refractivity (Wildman–Crippen MR) is 116 cm³/mol. The van der Waals surface area contributed by atoms with Crippen molar-refractivity contribution in [2.45, 2.75) is 45.1 Å². The third-order valence-electron chi connectivity index (χ3n) is 4.41. The van der Waals surface area contributed by atoms with Crippen LogP contribution in [0, 0.1) is 6.92 Å². The minimum Gasteiger partial charge on any atom is -0.435 e. The molecule has 6 nitrogen and oxygen atoms in total. The SMILES string of the molecule is CCCn1c(SCC(=O)NCc2ccc(OC(F)F)cc2)nnc1-c1cccc(C)c1. The van der Waals surface area contributed by atoms with Gasteiger partial charge < -0.3 is 14.6 Å². The molecular weight excluding hydrogens is 422 g/mol. The zero-order valence-corrected chi connectivity index (χ0v) is 18.2. The number of amides is 1. The second kappa shape index (κ2) is 10.9. The fourth-order valence-electron chi connectivity index (χ4n) is 2.99. The maximum Gasteiger partial charge on any atom is 0.387 e. The molecule has 0 atom stereocenters. The fourth-order valence-corrected chi connectivity index (χ4v) is 3.78. The zero-order valence-electron chi connectivity index (χ0n) is 17.3. The van der Waals surface area contributed by atoms with E-state index in [2.05, 4.69) is 33.2 Å². The third-order valence-corrected chi connectivity index (χ3v) is 5.38. The molecule has 0 radical (unpaired) electrons. The van der Waals surface area contributed by atoms with Gasteiger partial charge in [-0.1, -0.05) is 54.6 Å². The number of ether oxygens (including phenoxy) is 1. The maximum absolute atomic E-state index is 12.3. The number of hydrogen-bond donors (Lipinski definition) is 1. The lowest BCUT2D eigenvalue weighted by atomic mass is 10.1. The Morgan fingerprint density at radius 1 is 1.19 bits per heavy atom. The summed E-state index contributed by atoms with van der Waals surface area (Å²) in [5.41, 5.74) is 2.93. The van der Waals surface area contributed by atoms with Gasteiger partial charge in [0.05, 0.1) is 5.75 Å². The van der Waals surface area contributed by atoms with Crippen LogP contribution in [0.25, 0.3) is 11.4 Å². The topological polar surface area (TPSA) is 69.0 Å². The molecule has 1 aromatic heterocycles. The van der Waals surface area contributed by atoms with Crippen LogP contribution in [0.2, 0.25) is 0 Å². The van der Waals surface area contributed by atoms with E-state index in [9.17, 15) is 13.6 Å². The molecule has 1 N–H and O–H groups in total. The molecule has 2 aromatic carbocycles. The van der Waals surface area contributed by atoms with Crippen molar-refractivity contribution < 1.29 is 18.3 Å². The van der Waals surface area contributed by atoms with Crippen LogP contribution in [-0.4, -0.2) is 33.0 Å². The van der Waals surface area contributed by atoms with Crippen molar-refractivity contribution in [3.8, 4) is 17.1 Å². The van der Waals surface area contributed by atoms with E-state index in [1.165, 1.54) is 23.9 Å². The minimum absolute atomic E-state index is 0.0836. The fraction of sp³-hybridized carbons (Fsp3) is 0.318. The molecule has 164 valence electrons. The number of halogens is 2. The quantitative estimate of drug-likeness (QED) is 0.458. The van der Waals surface area contributed by atoms with Gasteiger partial charge in [0.2, 0.25) is 5.91 Å². The first-order valence-corrected chi connectivity index (χ1v) is 10.9. The van der Waals surface area contributed by atoms with Crippen LogP contribution in [0.5, 0.6) is 5.75 Å². The number of carbonyl (C=O) groups excluding carboxylic acids is 1. The number of alkyl halides is 2. The Morgan fingerprint density at radius 2 is 1.97 bits per heavy atom. The van der Waals surface area contributed by atoms with E-state index in [1.807, 2.05) is 29.7 Å². The number of nitrogens with zero attached hydrogens (tertiary/aromatic N) is 3. The molecule has 1 amide bonds. The highest BCUT2D eigenvalue weighted by Crippen LogP contribution is 2.25. The number of benzene rings is 2. The Morgan fingerprint density at radius 3 is 2.65 bits per heavy atom. The van der Waals surface area contributed by atoms with Crippen LogP contribution in [0.3, 0.4) is 0 Å². The molecule has 0 fully saturated rings. The van der Waals surface area contributed by atoms with E-state index in [0.29, 0.717) is 11.7 Å². The summed E-state index contributed by atoms with van der Waals surface area (Å²) in [6, 6.07) is 14.3. The molecule has 0 saturated heterocycles. The van der Waals surface area contributed by atoms with Crippen molar-refractivity contribution in [2.24, 2.45) is 0 Å². The van der Waals surface area contributed by atoms with E-state index in [1.54, 1.807) is 12.1 Å². The number of thioether (sulfide) groups is 1. The maximum atomic E-state index is 12.3. The Kier molecular flexibility index (Phi) is 8.00. The molecule has 1 heterocycles. The molecule has 0 saturated carbocycles. The van der Waals surface area contributed by atoms with Crippen LogP contribution in [-0.2, 0) is 17.9 Å². The summed E-state index contributed by atoms with van der Waals surface area (Å²) < 4.78 is 30.7. The number of hydrogen-bond acceptors (Lipinski definition) is 5. The van der Waals surface area contributed by atoms with Gasteiger partial charge in [-0.2, -0.15) is 8.78 Å². The normalized spacial score (nSPS) is 11.0. The van der Waals surface area contributed by atoms with Crippen molar-refractivity contribution in [1.82, 2.24) is 20.1 Å². The summed E-state index contributed by atoms with van der Waals surface area (Å²) in [5, 5.41) is 12.1. The summed E-state index contributed by atoms with van der Waals surface area (Å²) in [6.45, 7) is 2.31. The minimum atomic E-state index is -2.86. The first kappa shape index (κ1) is 22.7. The lowest BCUT2D eigenvalue weighted by molar-refractivity contribution is -0.118. The first-order valence-electron chi connectivity index (χ1n) is 9.89. The van der Waals surface area contributed by atoms with Crippen LogP contribution >= 0.6 is 11.8 Å². The second-order valence-electron chi connectivity index (χ2n) is 6.92. The van der Waals surface area contributed by atoms with Crippen LogP contribution in [0.15, 0.2) is 53.7 Å². The van der Waals surface area contributed by atoms with E-state index in [-0.39, 0.29) is 17.4 Å². The second-order valence-corrected chi connectivity index (χ2v) is 7.86. The highest BCUT2D eigenvalue weighted by molar-refractivity contribution is 7.99. The molecular formula is C22H24F2N4O2S.